The van der Waals surface area contributed by atoms with E-state index in [0.29, 0.717) is 52.7 Å². The van der Waals surface area contributed by atoms with Gasteiger partial charge >= 0.3 is 0 Å². The minimum absolute atomic E-state index is 0.0644. The maximum absolute atomic E-state index is 15.8. The molecule has 1 aliphatic carbocycles. The Balaban J connectivity index is 0.584. The molecule has 434 valence electrons. The number of rotatable bonds is 16. The van der Waals surface area contributed by atoms with Crippen LogP contribution >= 0.6 is 0 Å². The summed E-state index contributed by atoms with van der Waals surface area (Å²) in [7, 11) is 1.90. The molecule has 0 spiro atoms. The molecule has 1 saturated carbocycles. The number of phenolic OH excluding ortho intramolecular Hbond substituents is 1. The summed E-state index contributed by atoms with van der Waals surface area (Å²) in [5.74, 6) is 6.32. The maximum atomic E-state index is 15.8. The Morgan fingerprint density at radius 3 is 2.30 bits per heavy atom. The van der Waals surface area contributed by atoms with Crippen LogP contribution in [0.3, 0.4) is 0 Å². The molecule has 0 unspecified atom stereocenters. The van der Waals surface area contributed by atoms with Gasteiger partial charge in [0, 0.05) is 76.6 Å². The highest BCUT2D eigenvalue weighted by atomic mass is 19.1. The molecule has 4 aromatic heterocycles. The number of carbonyl (C=O) groups is 2. The van der Waals surface area contributed by atoms with Gasteiger partial charge in [-0.05, 0) is 131 Å². The van der Waals surface area contributed by atoms with E-state index in [2.05, 4.69) is 57.4 Å². The van der Waals surface area contributed by atoms with E-state index in [0.717, 1.165) is 120 Å². The average Bonchev–Trinajstić information content (AvgIpc) is 4.33. The lowest BCUT2D eigenvalue weighted by atomic mass is 9.83. The number of aliphatic hydroxyl groups excluding tert-OH is 1. The molecule has 0 radical (unpaired) electrons. The Morgan fingerprint density at radius 2 is 1.60 bits per heavy atom. The van der Waals surface area contributed by atoms with Crippen LogP contribution in [-0.2, 0) is 21.4 Å². The smallest absolute Gasteiger partial charge is 0.243 e. The summed E-state index contributed by atoms with van der Waals surface area (Å²) in [5.41, 5.74) is 10.5. The number of phenols is 1. The number of aryl methyl sites for hydroxylation is 1. The fourth-order valence-corrected chi connectivity index (χ4v) is 13.1. The molecular formula is C62H78FN13O6. The van der Waals surface area contributed by atoms with Crippen molar-refractivity contribution < 1.29 is 33.5 Å². The second-order valence-corrected chi connectivity index (χ2v) is 23.9. The van der Waals surface area contributed by atoms with E-state index >= 15 is 4.39 Å². The van der Waals surface area contributed by atoms with E-state index in [1.165, 1.54) is 15.8 Å². The van der Waals surface area contributed by atoms with E-state index in [1.807, 2.05) is 75.8 Å². The standard InChI is InChI=1S/C62H78FN13O6/c1-38(2)58(62(80)75-37-48(77)33-54(75)61(79)67-39(3)42-10-12-44(13-11-42)53-16-23-65-71(53)5)56-34-57(70-82-56)74-26-17-41(18-27-74)36-72-24-21-49(22-25-72)81-50-31-47(32-50)73-28-19-43(20-29-73)40(4)76-59(63)46(35-66-76)15-14-45-30-52(68-69-60(45)64)51-8-6-7-9-55(51)78/h6-13,16,23,30,34-35,38-41,43,47-50,54,58,77-78H,17-22,24-29,31-33,36-37H2,1-5H3,(H2,64,69)(H,67,79)/t39-,40+,47?,48+,50?,54-,58+/m0/s1. The first-order valence-electron chi connectivity index (χ1n) is 29.5. The quantitative estimate of drug-likeness (QED) is 0.0697. The van der Waals surface area contributed by atoms with Crippen molar-refractivity contribution in [3.63, 3.8) is 0 Å². The first-order chi connectivity index (χ1) is 39.6. The molecule has 6 aromatic rings. The van der Waals surface area contributed by atoms with Gasteiger partial charge in [-0.2, -0.15) is 14.6 Å². The number of aromatic nitrogens is 7. The van der Waals surface area contributed by atoms with E-state index in [4.69, 9.17) is 15.0 Å². The molecule has 5 aliphatic rings. The zero-order valence-electron chi connectivity index (χ0n) is 47.8. The number of hydrogen-bond donors (Lipinski definition) is 4. The number of amides is 2. The topological polar surface area (TPSA) is 222 Å². The van der Waals surface area contributed by atoms with E-state index in [-0.39, 0.29) is 59.9 Å². The number of benzene rings is 2. The monoisotopic (exact) mass is 1120 g/mol. The lowest BCUT2D eigenvalue weighted by Crippen LogP contribution is -2.52. The van der Waals surface area contributed by atoms with Gasteiger partial charge < -0.3 is 50.1 Å². The van der Waals surface area contributed by atoms with Gasteiger partial charge in [-0.25, -0.2) is 4.68 Å². The molecule has 5 fully saturated rings. The van der Waals surface area contributed by atoms with Crippen LogP contribution in [0.5, 0.6) is 5.75 Å². The highest BCUT2D eigenvalue weighted by Gasteiger charge is 2.44. The summed E-state index contributed by atoms with van der Waals surface area (Å²) >= 11 is 0. The van der Waals surface area contributed by atoms with Gasteiger partial charge in [0.15, 0.2) is 17.4 Å². The van der Waals surface area contributed by atoms with Crippen LogP contribution in [0.15, 0.2) is 83.6 Å². The molecule has 0 bridgehead atoms. The third-order valence-corrected chi connectivity index (χ3v) is 18.2. The van der Waals surface area contributed by atoms with Crippen molar-refractivity contribution in [2.45, 2.75) is 134 Å². The SMILES string of the molecule is CC(C)[C@@H](C(=O)N1C[C@H](O)C[C@H]1C(=O)N[C@@H](C)c1ccc(-c2ccnn2C)cc1)c1cc(N2CCC(CN3CCC(OC4CC(N5CCC([C@@H](C)n6ncc(C#Cc7cc(-c8ccccc8O)nnc7N)c6F)CC5)C4)CC3)CC2)no1. The molecule has 2 aromatic carbocycles. The summed E-state index contributed by atoms with van der Waals surface area (Å²) in [6.45, 7) is 14.8. The Morgan fingerprint density at radius 1 is 0.866 bits per heavy atom. The van der Waals surface area contributed by atoms with Crippen LogP contribution in [0, 0.1) is 35.5 Å². The number of para-hydroxylation sites is 1. The highest BCUT2D eigenvalue weighted by molar-refractivity contribution is 5.91. The number of β-amino-alcohol motifs (C(OH)–C–C–N with tert-alkyl or cyclic N) is 1. The number of nitrogens with zero attached hydrogens (tertiary/aromatic N) is 11. The number of likely N-dealkylation sites (tertiary alicyclic amines) is 3. The highest BCUT2D eigenvalue weighted by Crippen LogP contribution is 2.38. The molecular weight excluding hydrogens is 1040 g/mol. The molecule has 19 nitrogen and oxygen atoms in total. The molecule has 8 heterocycles. The van der Waals surface area contributed by atoms with Gasteiger partial charge in [-0.3, -0.25) is 14.3 Å². The van der Waals surface area contributed by atoms with Crippen LogP contribution in [0.25, 0.3) is 22.5 Å². The van der Waals surface area contributed by atoms with Crippen molar-refractivity contribution in [3.8, 4) is 40.1 Å². The molecule has 4 saturated heterocycles. The van der Waals surface area contributed by atoms with Crippen LogP contribution in [-0.4, -0.2) is 154 Å². The van der Waals surface area contributed by atoms with Crippen LogP contribution in [0.4, 0.5) is 16.0 Å². The van der Waals surface area contributed by atoms with E-state index in [9.17, 15) is 19.8 Å². The minimum atomic E-state index is -0.809. The number of piperidine rings is 3. The lowest BCUT2D eigenvalue weighted by Gasteiger charge is -2.47. The van der Waals surface area contributed by atoms with Gasteiger partial charge in [-0.1, -0.05) is 67.2 Å². The molecule has 5 N–H and O–H groups in total. The number of hydrogen-bond acceptors (Lipinski definition) is 15. The molecule has 4 aliphatic heterocycles. The number of carbonyl (C=O) groups excluding carboxylic acids is 2. The average molecular weight is 1120 g/mol. The number of halogens is 1. The Labute approximate surface area is 479 Å². The Bertz CT molecular complexity index is 3230. The number of nitrogen functional groups attached to an aromatic ring is 1. The lowest BCUT2D eigenvalue weighted by molar-refractivity contribution is -0.141. The van der Waals surface area contributed by atoms with Crippen molar-refractivity contribution in [1.29, 1.82) is 0 Å². The summed E-state index contributed by atoms with van der Waals surface area (Å²) in [4.78, 5) is 37.2. The predicted molar refractivity (Wildman–Crippen MR) is 308 cm³/mol. The number of nitrogens with two attached hydrogens (primary N) is 1. The summed E-state index contributed by atoms with van der Waals surface area (Å²) in [5, 5.41) is 45.5. The molecule has 2 amide bonds. The maximum Gasteiger partial charge on any atom is 0.243 e. The number of aromatic hydroxyl groups is 1. The predicted octanol–water partition coefficient (Wildman–Crippen LogP) is 7.34. The number of nitrogens with one attached hydrogen (secondary N) is 1. The largest absolute Gasteiger partial charge is 0.507 e. The molecule has 82 heavy (non-hydrogen) atoms. The number of anilines is 2. The summed E-state index contributed by atoms with van der Waals surface area (Å²) in [6, 6.07) is 19.6. The first kappa shape index (κ1) is 56.7. The Hall–Kier alpha value is -7.18. The molecule has 20 heteroatoms. The zero-order valence-corrected chi connectivity index (χ0v) is 47.8. The molecule has 11 rings (SSSR count). The van der Waals surface area contributed by atoms with Crippen LogP contribution in [0.2, 0.25) is 0 Å². The van der Waals surface area contributed by atoms with Crippen molar-refractivity contribution in [1.82, 2.24) is 54.9 Å². The second kappa shape index (κ2) is 24.7. The molecule has 5 atom stereocenters. The van der Waals surface area contributed by atoms with Crippen LogP contribution in [0.1, 0.15) is 126 Å². The minimum Gasteiger partial charge on any atom is -0.507 e. The third-order valence-electron chi connectivity index (χ3n) is 18.2. The van der Waals surface area contributed by atoms with Crippen molar-refractivity contribution >= 4 is 23.5 Å². The Kier molecular flexibility index (Phi) is 17.1. The summed E-state index contributed by atoms with van der Waals surface area (Å²) < 4.78 is 31.7. The fourth-order valence-electron chi connectivity index (χ4n) is 13.1. The van der Waals surface area contributed by atoms with Crippen molar-refractivity contribution in [3.05, 3.63) is 108 Å². The normalized spacial score (nSPS) is 22.6. The zero-order chi connectivity index (χ0) is 57.2. The van der Waals surface area contributed by atoms with Gasteiger partial charge in [0.1, 0.15) is 17.7 Å². The first-order valence-corrected chi connectivity index (χ1v) is 29.5. The van der Waals surface area contributed by atoms with Gasteiger partial charge in [0.05, 0.1) is 59.1 Å². The van der Waals surface area contributed by atoms with E-state index < -0.39 is 24.0 Å². The van der Waals surface area contributed by atoms with Gasteiger partial charge in [0.2, 0.25) is 17.8 Å². The fraction of sp³-hybridized carbons (Fsp3) is 0.532. The number of ether oxygens (including phenoxy) is 1. The van der Waals surface area contributed by atoms with Crippen molar-refractivity contribution in [2.24, 2.45) is 24.8 Å². The second-order valence-electron chi connectivity index (χ2n) is 23.9. The van der Waals surface area contributed by atoms with E-state index in [1.54, 1.807) is 36.5 Å². The van der Waals surface area contributed by atoms with Gasteiger partial charge in [0.25, 0.3) is 0 Å². The van der Waals surface area contributed by atoms with Crippen LogP contribution < -0.4 is 16.0 Å². The van der Waals surface area contributed by atoms with Gasteiger partial charge in [-0.15, -0.1) is 10.2 Å². The van der Waals surface area contributed by atoms with Crippen molar-refractivity contribution in [2.75, 3.05) is 63.0 Å². The summed E-state index contributed by atoms with van der Waals surface area (Å²) in [6.07, 6.45) is 11.5. The number of aliphatic hydroxyl groups is 1. The third kappa shape index (κ3) is 12.4.